The van der Waals surface area contributed by atoms with E-state index in [2.05, 4.69) is 14.6 Å². The number of carbonyl (C=O) groups excluding carboxylic acids is 1. The molecule has 0 amide bonds. The molecule has 1 rings (SSSR count). The quantitative estimate of drug-likeness (QED) is 0.608. The maximum Gasteiger partial charge on any atom is 0.336 e. The van der Waals surface area contributed by atoms with Gasteiger partial charge in [-0.05, 0) is 6.07 Å². The van der Waals surface area contributed by atoms with Gasteiger partial charge in [0.15, 0.2) is 11.1 Å². The molecule has 2 N–H and O–H groups in total. The van der Waals surface area contributed by atoms with E-state index in [0.29, 0.717) is 0 Å². The summed E-state index contributed by atoms with van der Waals surface area (Å²) >= 11 is 0. The van der Waals surface area contributed by atoms with Crippen molar-refractivity contribution >= 4 is 16.0 Å². The van der Waals surface area contributed by atoms with E-state index in [1.165, 1.54) is 19.3 Å². The SMILES string of the molecule is COC(=O)C(O)CNS(=O)(=O)c1ccnn1C. The highest BCUT2D eigenvalue weighted by Crippen LogP contribution is 2.05. The van der Waals surface area contributed by atoms with Crippen LogP contribution in [0.1, 0.15) is 0 Å². The zero-order valence-electron chi connectivity index (χ0n) is 9.32. The number of aliphatic hydroxyl groups is 1. The second-order valence-electron chi connectivity index (χ2n) is 3.18. The van der Waals surface area contributed by atoms with Gasteiger partial charge in [-0.15, -0.1) is 0 Å². The van der Waals surface area contributed by atoms with Crippen LogP contribution >= 0.6 is 0 Å². The fourth-order valence-electron chi connectivity index (χ4n) is 1.11. The van der Waals surface area contributed by atoms with Crippen LogP contribution in [0.25, 0.3) is 0 Å². The number of aliphatic hydroxyl groups excluding tert-OH is 1. The van der Waals surface area contributed by atoms with E-state index in [9.17, 15) is 18.3 Å². The van der Waals surface area contributed by atoms with Gasteiger partial charge in [0.05, 0.1) is 13.3 Å². The number of nitrogens with zero attached hydrogens (tertiary/aromatic N) is 2. The first kappa shape index (κ1) is 13.6. The molecule has 0 saturated carbocycles. The van der Waals surface area contributed by atoms with E-state index < -0.39 is 28.6 Å². The molecule has 0 spiro atoms. The summed E-state index contributed by atoms with van der Waals surface area (Å²) in [7, 11) is -1.24. The molecular formula is C8H13N3O5S. The number of hydrogen-bond acceptors (Lipinski definition) is 6. The minimum Gasteiger partial charge on any atom is -0.467 e. The highest BCUT2D eigenvalue weighted by molar-refractivity contribution is 7.89. The Hall–Kier alpha value is -1.45. The van der Waals surface area contributed by atoms with Crippen LogP contribution in [0.3, 0.4) is 0 Å². The van der Waals surface area contributed by atoms with Crippen molar-refractivity contribution in [1.82, 2.24) is 14.5 Å². The Labute approximate surface area is 98.2 Å². The summed E-state index contributed by atoms with van der Waals surface area (Å²) < 4.78 is 30.9. The van der Waals surface area contributed by atoms with Crippen molar-refractivity contribution in [2.75, 3.05) is 13.7 Å². The average molecular weight is 263 g/mol. The van der Waals surface area contributed by atoms with Gasteiger partial charge in [-0.2, -0.15) is 5.10 Å². The average Bonchev–Trinajstić information content (AvgIpc) is 2.72. The molecule has 0 aliphatic heterocycles. The van der Waals surface area contributed by atoms with Crippen molar-refractivity contribution in [3.05, 3.63) is 12.3 Å². The van der Waals surface area contributed by atoms with Gasteiger partial charge < -0.3 is 9.84 Å². The van der Waals surface area contributed by atoms with Crippen LogP contribution < -0.4 is 4.72 Å². The van der Waals surface area contributed by atoms with E-state index in [1.807, 2.05) is 0 Å². The summed E-state index contributed by atoms with van der Waals surface area (Å²) in [6.07, 6.45) is -0.214. The smallest absolute Gasteiger partial charge is 0.336 e. The van der Waals surface area contributed by atoms with Gasteiger partial charge >= 0.3 is 5.97 Å². The molecule has 0 aliphatic carbocycles. The summed E-state index contributed by atoms with van der Waals surface area (Å²) in [5.41, 5.74) is 0. The lowest BCUT2D eigenvalue weighted by Gasteiger charge is -2.10. The summed E-state index contributed by atoms with van der Waals surface area (Å²) in [5, 5.41) is 12.9. The topological polar surface area (TPSA) is 111 Å². The zero-order chi connectivity index (χ0) is 13.1. The Bertz CT molecular complexity index is 495. The van der Waals surface area contributed by atoms with Crippen molar-refractivity contribution in [2.24, 2.45) is 7.05 Å². The third-order valence-corrected chi connectivity index (χ3v) is 3.49. The monoisotopic (exact) mass is 263 g/mol. The van der Waals surface area contributed by atoms with Gasteiger partial charge in [-0.25, -0.2) is 17.9 Å². The van der Waals surface area contributed by atoms with Crippen molar-refractivity contribution in [1.29, 1.82) is 0 Å². The minimum absolute atomic E-state index is 0.0606. The summed E-state index contributed by atoms with van der Waals surface area (Å²) in [6.45, 7) is -0.458. The molecule has 1 unspecified atom stereocenters. The van der Waals surface area contributed by atoms with Crippen molar-refractivity contribution < 1.29 is 23.1 Å². The van der Waals surface area contributed by atoms with E-state index >= 15 is 0 Å². The molecule has 9 heteroatoms. The predicted molar refractivity (Wildman–Crippen MR) is 56.4 cm³/mol. The molecule has 0 fully saturated rings. The normalized spacial score (nSPS) is 13.4. The number of ether oxygens (including phenoxy) is 1. The molecule has 0 bridgehead atoms. The van der Waals surface area contributed by atoms with E-state index in [0.717, 1.165) is 11.8 Å². The van der Waals surface area contributed by atoms with Crippen LogP contribution in [0.5, 0.6) is 0 Å². The first-order valence-electron chi connectivity index (χ1n) is 4.62. The second-order valence-corrected chi connectivity index (χ2v) is 4.90. The molecular weight excluding hydrogens is 250 g/mol. The molecule has 1 aromatic rings. The third-order valence-electron chi connectivity index (χ3n) is 1.99. The van der Waals surface area contributed by atoms with Crippen LogP contribution in [-0.4, -0.2) is 49.0 Å². The van der Waals surface area contributed by atoms with Crippen molar-refractivity contribution in [2.45, 2.75) is 11.1 Å². The number of esters is 1. The first-order chi connectivity index (χ1) is 7.88. The fraction of sp³-hybridized carbons (Fsp3) is 0.500. The van der Waals surface area contributed by atoms with E-state index in [1.54, 1.807) is 0 Å². The maximum atomic E-state index is 11.7. The summed E-state index contributed by atoms with van der Waals surface area (Å²) in [5.74, 6) is -0.905. The third kappa shape index (κ3) is 3.25. The Balaban J connectivity index is 2.70. The van der Waals surface area contributed by atoms with Crippen molar-refractivity contribution in [3.8, 4) is 0 Å². The lowest BCUT2D eigenvalue weighted by molar-refractivity contribution is -0.149. The van der Waals surface area contributed by atoms with Gasteiger partial charge in [0, 0.05) is 13.6 Å². The highest BCUT2D eigenvalue weighted by Gasteiger charge is 2.22. The standard InChI is InChI=1S/C8H13N3O5S/c1-11-7(3-4-9-11)17(14,15)10-5-6(12)8(13)16-2/h3-4,6,10,12H,5H2,1-2H3. The van der Waals surface area contributed by atoms with E-state index in [4.69, 9.17) is 0 Å². The summed E-state index contributed by atoms with van der Waals surface area (Å²) in [6, 6.07) is 1.30. The number of aromatic nitrogens is 2. The van der Waals surface area contributed by atoms with Crippen LogP contribution in [-0.2, 0) is 26.6 Å². The number of hydrogen-bond donors (Lipinski definition) is 2. The number of nitrogens with one attached hydrogen (secondary N) is 1. The second kappa shape index (κ2) is 5.25. The number of rotatable bonds is 5. The van der Waals surface area contributed by atoms with Crippen molar-refractivity contribution in [3.63, 3.8) is 0 Å². The molecule has 0 aliphatic rings. The van der Waals surface area contributed by atoms with Gasteiger partial charge in [0.1, 0.15) is 0 Å². The van der Waals surface area contributed by atoms with Gasteiger partial charge in [-0.3, -0.25) is 4.68 Å². The largest absolute Gasteiger partial charge is 0.467 e. The van der Waals surface area contributed by atoms with Gasteiger partial charge in [0.2, 0.25) is 0 Å². The molecule has 1 aromatic heterocycles. The molecule has 1 atom stereocenters. The minimum atomic E-state index is -3.80. The summed E-state index contributed by atoms with van der Waals surface area (Å²) in [4.78, 5) is 10.9. The number of sulfonamides is 1. The fourth-order valence-corrected chi connectivity index (χ4v) is 2.27. The molecule has 8 nitrogen and oxygen atoms in total. The molecule has 17 heavy (non-hydrogen) atoms. The predicted octanol–water partition coefficient (Wildman–Crippen LogP) is -1.77. The Morgan fingerprint density at radius 3 is 2.82 bits per heavy atom. The highest BCUT2D eigenvalue weighted by atomic mass is 32.2. The maximum absolute atomic E-state index is 11.7. The Kier molecular flexibility index (Phi) is 4.21. The van der Waals surface area contributed by atoms with Gasteiger partial charge in [-0.1, -0.05) is 0 Å². The molecule has 0 aromatic carbocycles. The van der Waals surface area contributed by atoms with Crippen LogP contribution in [0.2, 0.25) is 0 Å². The molecule has 96 valence electrons. The zero-order valence-corrected chi connectivity index (χ0v) is 10.1. The lowest BCUT2D eigenvalue weighted by atomic mass is 10.4. The number of aryl methyl sites for hydroxylation is 1. The Morgan fingerprint density at radius 1 is 1.71 bits per heavy atom. The molecule has 0 radical (unpaired) electrons. The Morgan fingerprint density at radius 2 is 2.35 bits per heavy atom. The first-order valence-corrected chi connectivity index (χ1v) is 6.10. The van der Waals surface area contributed by atoms with Crippen LogP contribution in [0.15, 0.2) is 17.3 Å². The van der Waals surface area contributed by atoms with Gasteiger partial charge in [0.25, 0.3) is 10.0 Å². The number of carbonyl (C=O) groups is 1. The van der Waals surface area contributed by atoms with E-state index in [-0.39, 0.29) is 5.03 Å². The number of methoxy groups -OCH3 is 1. The van der Waals surface area contributed by atoms with Crippen LogP contribution in [0, 0.1) is 0 Å². The lowest BCUT2D eigenvalue weighted by Crippen LogP contribution is -2.37. The molecule has 1 heterocycles. The molecule has 0 saturated heterocycles. The van der Waals surface area contributed by atoms with Crippen LogP contribution in [0.4, 0.5) is 0 Å².